The summed E-state index contributed by atoms with van der Waals surface area (Å²) < 4.78 is 11.8. The molecular formula is C21H34IN6O3P. The number of unbranched alkanes of at least 4 members (excludes halogenated alkanes) is 4. The van der Waals surface area contributed by atoms with Gasteiger partial charge in [0.15, 0.2) is 0 Å². The molecule has 1 atom stereocenters. The fraction of sp³-hybridized carbons (Fsp3) is 0.524. The van der Waals surface area contributed by atoms with E-state index in [4.69, 9.17) is 20.8 Å². The molecule has 1 amide bonds. The Labute approximate surface area is 204 Å². The summed E-state index contributed by atoms with van der Waals surface area (Å²) in [5, 5.41) is 10.0. The second-order valence-corrected chi connectivity index (χ2v) is 10.5. The smallest absolute Gasteiger partial charge is 0.407 e. The predicted octanol–water partition coefficient (Wildman–Crippen LogP) is 5.43. The van der Waals surface area contributed by atoms with E-state index >= 15 is 0 Å². The van der Waals surface area contributed by atoms with Gasteiger partial charge in [-0.1, -0.05) is 24.4 Å². The van der Waals surface area contributed by atoms with Gasteiger partial charge >= 0.3 is 6.09 Å². The van der Waals surface area contributed by atoms with Gasteiger partial charge in [-0.3, -0.25) is 4.78 Å². The number of benzene rings is 1. The van der Waals surface area contributed by atoms with Crippen molar-refractivity contribution in [3.05, 3.63) is 24.6 Å². The Morgan fingerprint density at radius 2 is 1.88 bits per heavy atom. The number of carbonyl (C=O) groups is 1. The molecule has 0 saturated carbocycles. The van der Waals surface area contributed by atoms with Crippen LogP contribution >= 0.6 is 28.4 Å². The number of amides is 1. The van der Waals surface area contributed by atoms with Crippen molar-refractivity contribution in [2.24, 2.45) is 5.84 Å². The van der Waals surface area contributed by atoms with Crippen LogP contribution in [0.1, 0.15) is 52.9 Å². The van der Waals surface area contributed by atoms with E-state index in [-0.39, 0.29) is 6.09 Å². The van der Waals surface area contributed by atoms with E-state index < -0.39 is 5.60 Å². The molecule has 32 heavy (non-hydrogen) atoms. The summed E-state index contributed by atoms with van der Waals surface area (Å²) in [7, 11) is 0. The molecular weight excluding hydrogens is 542 g/mol. The Kier molecular flexibility index (Phi) is 10.8. The van der Waals surface area contributed by atoms with Gasteiger partial charge in [0.05, 0.1) is 29.6 Å². The number of hydrazine groups is 1. The molecule has 178 valence electrons. The van der Waals surface area contributed by atoms with E-state index in [1.807, 2.05) is 32.9 Å². The number of nitrogens with two attached hydrogens (primary N) is 2. The summed E-state index contributed by atoms with van der Waals surface area (Å²) in [5.41, 5.74) is 9.99. The summed E-state index contributed by atoms with van der Waals surface area (Å²) in [4.78, 5) is 11.6. The van der Waals surface area contributed by atoms with Gasteiger partial charge in [0.2, 0.25) is 0 Å². The molecule has 0 aliphatic rings. The molecule has 0 bridgehead atoms. The summed E-state index contributed by atoms with van der Waals surface area (Å²) in [6.07, 6.45) is 8.49. The molecule has 0 spiro atoms. The van der Waals surface area contributed by atoms with Gasteiger partial charge in [-0.2, -0.15) is 0 Å². The normalized spacial score (nSPS) is 11.7. The van der Waals surface area contributed by atoms with Crippen LogP contribution in [0.3, 0.4) is 0 Å². The van der Waals surface area contributed by atoms with Crippen LogP contribution in [0, 0.1) is 0 Å². The highest BCUT2D eigenvalue weighted by molar-refractivity contribution is 14.2. The molecule has 9 nitrogen and oxygen atoms in total. The van der Waals surface area contributed by atoms with Crippen molar-refractivity contribution in [3.63, 3.8) is 0 Å². The Hall–Kier alpha value is -1.78. The molecule has 0 radical (unpaired) electrons. The fourth-order valence-electron chi connectivity index (χ4n) is 3.05. The van der Waals surface area contributed by atoms with Crippen molar-refractivity contribution in [2.45, 2.75) is 58.5 Å². The van der Waals surface area contributed by atoms with Crippen molar-refractivity contribution in [3.8, 4) is 11.1 Å². The summed E-state index contributed by atoms with van der Waals surface area (Å²) >= 11 is 2.22. The van der Waals surface area contributed by atoms with E-state index in [9.17, 15) is 4.79 Å². The van der Waals surface area contributed by atoms with Crippen molar-refractivity contribution in [1.29, 1.82) is 0 Å². The molecule has 0 aliphatic carbocycles. The lowest BCUT2D eigenvalue weighted by molar-refractivity contribution is 0.0527. The number of halogens is 1. The second kappa shape index (κ2) is 13.1. The Morgan fingerprint density at radius 1 is 1.19 bits per heavy atom. The number of alkyl carbamates (subject to hydrolysis) is 1. The highest BCUT2D eigenvalue weighted by atomic mass is 127. The van der Waals surface area contributed by atoms with E-state index in [0.29, 0.717) is 18.6 Å². The molecule has 0 fully saturated rings. The third kappa shape index (κ3) is 8.99. The number of carbonyl (C=O) groups excluding carboxylic acids is 1. The van der Waals surface area contributed by atoms with E-state index in [1.54, 1.807) is 17.2 Å². The number of rotatable bonds is 12. The van der Waals surface area contributed by atoms with E-state index in [2.05, 4.69) is 37.8 Å². The fourth-order valence-corrected chi connectivity index (χ4v) is 4.11. The van der Waals surface area contributed by atoms with Crippen molar-refractivity contribution >= 4 is 51.6 Å². The van der Waals surface area contributed by atoms with Gasteiger partial charge in [0.1, 0.15) is 11.9 Å². The van der Waals surface area contributed by atoms with Crippen LogP contribution in [-0.2, 0) is 4.74 Å². The number of nitrogens with one attached hydrogen (secondary N) is 2. The zero-order valence-electron chi connectivity index (χ0n) is 18.9. The number of nitrogen functional groups attached to an aromatic ring is 1. The first-order valence-electron chi connectivity index (χ1n) is 10.7. The first-order chi connectivity index (χ1) is 15.2. The monoisotopic (exact) mass is 576 g/mol. The second-order valence-electron chi connectivity index (χ2n) is 8.45. The Balaban J connectivity index is 1.75. The molecule has 1 aromatic carbocycles. The number of hydrogen-bond donors (Lipinski definition) is 4. The number of aromatic nitrogens is 1. The van der Waals surface area contributed by atoms with Crippen LogP contribution in [-0.4, -0.2) is 29.9 Å². The number of nitrogens with zero attached hydrogens (tertiary/aromatic N) is 2. The van der Waals surface area contributed by atoms with Crippen LogP contribution in [0.5, 0.6) is 0 Å². The van der Waals surface area contributed by atoms with Gasteiger partial charge in [-0.15, -0.1) is 0 Å². The van der Waals surface area contributed by atoms with E-state index in [1.165, 1.54) is 0 Å². The first kappa shape index (κ1) is 26.5. The molecule has 2 rings (SSSR count). The average Bonchev–Trinajstić information content (AvgIpc) is 3.26. The highest BCUT2D eigenvalue weighted by Crippen LogP contribution is 2.40. The van der Waals surface area contributed by atoms with Gasteiger partial charge < -0.3 is 25.6 Å². The summed E-state index contributed by atoms with van der Waals surface area (Å²) in [6.45, 7) is 7.01. The van der Waals surface area contributed by atoms with Crippen LogP contribution in [0.25, 0.3) is 11.1 Å². The van der Waals surface area contributed by atoms with Crippen molar-refractivity contribution in [2.75, 3.05) is 28.9 Å². The van der Waals surface area contributed by atoms with Crippen LogP contribution in [0.15, 0.2) is 29.1 Å². The molecule has 1 unspecified atom stereocenters. The molecule has 1 aromatic heterocycles. The maximum absolute atomic E-state index is 11.6. The first-order valence-corrected chi connectivity index (χ1v) is 14.7. The summed E-state index contributed by atoms with van der Waals surface area (Å²) in [5.74, 6) is 6.13. The highest BCUT2D eigenvalue weighted by Gasteiger charge is 2.15. The minimum Gasteiger partial charge on any atom is -0.444 e. The minimum atomic E-state index is -0.463. The van der Waals surface area contributed by atoms with Crippen molar-refractivity contribution in [1.82, 2.24) is 10.5 Å². The maximum Gasteiger partial charge on any atom is 0.407 e. The van der Waals surface area contributed by atoms with Crippen molar-refractivity contribution < 1.29 is 14.1 Å². The Morgan fingerprint density at radius 3 is 2.50 bits per heavy atom. The van der Waals surface area contributed by atoms with Gasteiger partial charge in [0, 0.05) is 18.7 Å². The van der Waals surface area contributed by atoms with E-state index in [0.717, 1.165) is 61.2 Å². The number of anilines is 3. The number of hydrogen-bond acceptors (Lipinski definition) is 8. The quantitative estimate of drug-likeness (QED) is 0.0657. The molecule has 2 aromatic rings. The van der Waals surface area contributed by atoms with Gasteiger partial charge in [-0.05, 0) is 73.3 Å². The standard InChI is InChI=1S/C21H34IN6O3P/c1-21(2,3)31-20(29)26-10-8-6-4-5-7-9-25-17-11-15(16-13-27-30-14-16)12-18(19(17)23)28(24)32-22/h11-14,25,32H,4-10,23-24H2,1-3H3,(H,26,29). The maximum atomic E-state index is 11.6. The largest absolute Gasteiger partial charge is 0.444 e. The third-order valence-electron chi connectivity index (χ3n) is 4.61. The van der Waals surface area contributed by atoms with Crippen LogP contribution in [0.4, 0.5) is 21.9 Å². The van der Waals surface area contributed by atoms with Gasteiger partial charge in [0.25, 0.3) is 0 Å². The molecule has 11 heteroatoms. The number of ether oxygens (including phenoxy) is 1. The predicted molar refractivity (Wildman–Crippen MR) is 141 cm³/mol. The zero-order chi connectivity index (χ0) is 23.6. The molecule has 1 heterocycles. The lowest BCUT2D eigenvalue weighted by Crippen LogP contribution is -2.32. The lowest BCUT2D eigenvalue weighted by atomic mass is 10.1. The SMILES string of the molecule is CC(C)(C)OC(=O)NCCCCCCCNc1cc(-c2cnoc2)cc(N(N)PI)c1N. The third-order valence-corrected chi connectivity index (χ3v) is 6.59. The Bertz CT molecular complexity index is 845. The zero-order valence-corrected chi connectivity index (χ0v) is 22.1. The van der Waals surface area contributed by atoms with Gasteiger partial charge in [-0.25, -0.2) is 10.6 Å². The molecule has 0 saturated heterocycles. The minimum absolute atomic E-state index is 0.355. The average molecular weight is 576 g/mol. The lowest BCUT2D eigenvalue weighted by Gasteiger charge is -2.21. The van der Waals surface area contributed by atoms with Crippen LogP contribution < -0.4 is 27.0 Å². The molecule has 6 N–H and O–H groups in total. The van der Waals surface area contributed by atoms with Crippen LogP contribution in [0.2, 0.25) is 0 Å². The topological polar surface area (TPSA) is 132 Å². The summed E-state index contributed by atoms with van der Waals surface area (Å²) in [6, 6.07) is 3.95. The molecule has 0 aliphatic heterocycles.